The summed E-state index contributed by atoms with van der Waals surface area (Å²) >= 11 is 0. The van der Waals surface area contributed by atoms with Crippen LogP contribution in [0, 0.1) is 0 Å². The highest BCUT2D eigenvalue weighted by Crippen LogP contribution is 2.40. The molecule has 0 bridgehead atoms. The molecule has 2 aliphatic rings. The summed E-state index contributed by atoms with van der Waals surface area (Å²) in [4.78, 5) is 12.7. The van der Waals surface area contributed by atoms with Crippen LogP contribution < -0.4 is 14.9 Å². The van der Waals surface area contributed by atoms with Crippen molar-refractivity contribution in [2.75, 3.05) is 13.7 Å². The molecule has 0 unspecified atom stereocenters. The van der Waals surface area contributed by atoms with Crippen molar-refractivity contribution in [1.82, 2.24) is 0 Å². The van der Waals surface area contributed by atoms with E-state index in [1.807, 2.05) is 0 Å². The first-order chi connectivity index (χ1) is 20.9. The van der Waals surface area contributed by atoms with Crippen LogP contribution in [0.1, 0.15) is 6.92 Å². The Bertz CT molecular complexity index is 1550. The summed E-state index contributed by atoms with van der Waals surface area (Å²) in [6.45, 7) is 0.689. The van der Waals surface area contributed by atoms with E-state index in [1.54, 1.807) is 0 Å². The fraction of sp³-hybridized carbons (Fsp3) is 0.464. The van der Waals surface area contributed by atoms with Gasteiger partial charge in [-0.25, -0.2) is 0 Å². The van der Waals surface area contributed by atoms with Crippen LogP contribution in [0.25, 0.3) is 22.3 Å². The lowest BCUT2D eigenvalue weighted by atomic mass is 9.97. The standard InChI is InChI=1S/C28H32O16/c1-9-18(32)20(34)23(37)27(40-9)44-26-16(8-29)43-28(24(38)22(26)36)42-13-4-3-10(5-14(13)39-2)25-21(35)19(33)17-12(31)6-11(30)7-15(17)41-25/h3-7,9,16,18,20,22-24,26-32,34-38H,8H2,1-2H3/t9-,16+,18-,20+,22+,23+,24+,26+,27-,28+/m0/s1. The van der Waals surface area contributed by atoms with Gasteiger partial charge >= 0.3 is 0 Å². The molecule has 1 aromatic heterocycles. The van der Waals surface area contributed by atoms with E-state index in [2.05, 4.69) is 0 Å². The molecule has 16 heteroatoms. The van der Waals surface area contributed by atoms with Gasteiger partial charge in [-0.1, -0.05) is 0 Å². The number of rotatable bonds is 7. The second-order valence-corrected chi connectivity index (χ2v) is 10.4. The first-order valence-corrected chi connectivity index (χ1v) is 13.4. The van der Waals surface area contributed by atoms with Crippen LogP contribution in [0.3, 0.4) is 0 Å². The van der Waals surface area contributed by atoms with Crippen molar-refractivity contribution < 1.29 is 74.1 Å². The number of aliphatic hydroxyl groups is 6. The van der Waals surface area contributed by atoms with Crippen LogP contribution in [-0.2, 0) is 14.2 Å². The summed E-state index contributed by atoms with van der Waals surface area (Å²) in [5, 5.41) is 91.9. The molecule has 16 nitrogen and oxygen atoms in total. The van der Waals surface area contributed by atoms with Gasteiger partial charge < -0.3 is 74.1 Å². The maximum absolute atomic E-state index is 12.7. The molecule has 44 heavy (non-hydrogen) atoms. The normalized spacial score (nSPS) is 32.5. The Kier molecular flexibility index (Phi) is 8.90. The molecule has 3 heterocycles. The van der Waals surface area contributed by atoms with Crippen molar-refractivity contribution in [2.45, 2.75) is 68.3 Å². The van der Waals surface area contributed by atoms with Crippen molar-refractivity contribution in [2.24, 2.45) is 0 Å². The summed E-state index contributed by atoms with van der Waals surface area (Å²) in [5.74, 6) is -2.17. The van der Waals surface area contributed by atoms with Crippen molar-refractivity contribution in [3.63, 3.8) is 0 Å². The smallest absolute Gasteiger partial charge is 0.238 e. The summed E-state index contributed by atoms with van der Waals surface area (Å²) in [6.07, 6.45) is -15.2. The Morgan fingerprint density at radius 1 is 0.841 bits per heavy atom. The molecule has 240 valence electrons. The van der Waals surface area contributed by atoms with Gasteiger partial charge in [0.05, 0.1) is 19.8 Å². The Labute approximate surface area is 248 Å². The average Bonchev–Trinajstić information content (AvgIpc) is 2.99. The van der Waals surface area contributed by atoms with Crippen LogP contribution in [0.4, 0.5) is 0 Å². The van der Waals surface area contributed by atoms with E-state index in [4.69, 9.17) is 28.1 Å². The van der Waals surface area contributed by atoms with Gasteiger partial charge in [-0.3, -0.25) is 4.79 Å². The van der Waals surface area contributed by atoms with E-state index in [0.29, 0.717) is 0 Å². The molecule has 0 aliphatic carbocycles. The van der Waals surface area contributed by atoms with E-state index >= 15 is 0 Å². The third-order valence-electron chi connectivity index (χ3n) is 7.52. The van der Waals surface area contributed by atoms with Crippen molar-refractivity contribution >= 4 is 11.0 Å². The Morgan fingerprint density at radius 2 is 1.55 bits per heavy atom. The van der Waals surface area contributed by atoms with E-state index in [9.17, 15) is 50.8 Å². The molecule has 2 fully saturated rings. The van der Waals surface area contributed by atoms with Crippen molar-refractivity contribution in [3.05, 3.63) is 40.6 Å². The van der Waals surface area contributed by atoms with Gasteiger partial charge in [-0.15, -0.1) is 0 Å². The quantitative estimate of drug-likeness (QED) is 0.147. The topological polar surface area (TPSA) is 258 Å². The molecular weight excluding hydrogens is 592 g/mol. The summed E-state index contributed by atoms with van der Waals surface area (Å²) in [7, 11) is 1.27. The number of methoxy groups -OCH3 is 1. The number of phenols is 2. The van der Waals surface area contributed by atoms with Crippen molar-refractivity contribution in [3.8, 4) is 40.1 Å². The predicted molar refractivity (Wildman–Crippen MR) is 145 cm³/mol. The second kappa shape index (κ2) is 12.4. The summed E-state index contributed by atoms with van der Waals surface area (Å²) in [5.41, 5.74) is -1.04. The maximum Gasteiger partial charge on any atom is 0.238 e. The SMILES string of the molecule is COc1cc(-c2oc3cc(O)cc(O)c3c(=O)c2O)ccc1O[C@@H]1O[C@H](CO)[C@@H](O[C@@H]2O[C@@H](C)[C@H](O)[C@@H](O)[C@H]2O)[C@H](O)[C@H]1O. The molecule has 10 atom stereocenters. The number of phenolic OH excluding ortho intramolecular Hbond substituents is 2. The lowest BCUT2D eigenvalue weighted by Gasteiger charge is -2.45. The number of aromatic hydroxyl groups is 3. The highest BCUT2D eigenvalue weighted by atomic mass is 16.7. The molecule has 2 aliphatic heterocycles. The third kappa shape index (κ3) is 5.63. The molecule has 0 spiro atoms. The zero-order valence-corrected chi connectivity index (χ0v) is 23.3. The third-order valence-corrected chi connectivity index (χ3v) is 7.52. The lowest BCUT2D eigenvalue weighted by molar-refractivity contribution is -0.349. The molecule has 3 aromatic rings. The van der Waals surface area contributed by atoms with Gasteiger partial charge in [0.15, 0.2) is 23.5 Å². The Balaban J connectivity index is 1.38. The van der Waals surface area contributed by atoms with Crippen LogP contribution in [-0.4, -0.2) is 121 Å². The predicted octanol–water partition coefficient (Wildman–Crippen LogP) is -1.38. The minimum atomic E-state index is -1.79. The number of ether oxygens (including phenoxy) is 5. The number of benzene rings is 2. The van der Waals surface area contributed by atoms with E-state index in [-0.39, 0.29) is 39.5 Å². The van der Waals surface area contributed by atoms with E-state index < -0.39 is 84.9 Å². The molecule has 2 saturated heterocycles. The molecular formula is C28H32O16. The van der Waals surface area contributed by atoms with Gasteiger partial charge in [-0.2, -0.15) is 0 Å². The summed E-state index contributed by atoms with van der Waals surface area (Å²) < 4.78 is 33.3. The Morgan fingerprint density at radius 3 is 2.23 bits per heavy atom. The van der Waals surface area contributed by atoms with Gasteiger partial charge in [-0.05, 0) is 25.1 Å². The maximum atomic E-state index is 12.7. The Hall–Kier alpha value is -3.71. The first-order valence-electron chi connectivity index (χ1n) is 13.4. The van der Waals surface area contributed by atoms with E-state index in [0.717, 1.165) is 12.1 Å². The van der Waals surface area contributed by atoms with E-state index in [1.165, 1.54) is 32.2 Å². The van der Waals surface area contributed by atoms with Gasteiger partial charge in [0.2, 0.25) is 17.5 Å². The highest BCUT2D eigenvalue weighted by molar-refractivity contribution is 5.88. The molecule has 2 aromatic carbocycles. The fourth-order valence-corrected chi connectivity index (χ4v) is 5.10. The van der Waals surface area contributed by atoms with Gasteiger partial charge in [0, 0.05) is 17.7 Å². The van der Waals surface area contributed by atoms with Crippen LogP contribution in [0.2, 0.25) is 0 Å². The molecule has 5 rings (SSSR count). The number of hydrogen-bond acceptors (Lipinski definition) is 16. The minimum Gasteiger partial charge on any atom is -0.508 e. The summed E-state index contributed by atoms with van der Waals surface area (Å²) in [6, 6.07) is 5.99. The highest BCUT2D eigenvalue weighted by Gasteiger charge is 2.50. The average molecular weight is 625 g/mol. The monoisotopic (exact) mass is 624 g/mol. The largest absolute Gasteiger partial charge is 0.508 e. The van der Waals surface area contributed by atoms with Gasteiger partial charge in [0.25, 0.3) is 0 Å². The van der Waals surface area contributed by atoms with Crippen LogP contribution >= 0.6 is 0 Å². The number of fused-ring (bicyclic) bond motifs is 1. The first kappa shape index (κ1) is 31.7. The minimum absolute atomic E-state index is 0.00660. The zero-order chi connectivity index (χ0) is 32.0. The van der Waals surface area contributed by atoms with Gasteiger partial charge in [0.1, 0.15) is 65.2 Å². The number of aliphatic hydroxyl groups excluding tert-OH is 6. The molecule has 0 radical (unpaired) electrons. The zero-order valence-electron chi connectivity index (χ0n) is 23.3. The second-order valence-electron chi connectivity index (χ2n) is 10.4. The molecule has 0 saturated carbocycles. The molecule has 9 N–H and O–H groups in total. The molecule has 0 amide bonds. The van der Waals surface area contributed by atoms with Crippen LogP contribution in [0.15, 0.2) is 39.5 Å². The lowest BCUT2D eigenvalue weighted by Crippen LogP contribution is -2.64. The van der Waals surface area contributed by atoms with Crippen molar-refractivity contribution in [1.29, 1.82) is 0 Å². The number of hydrogen-bond donors (Lipinski definition) is 9. The fourth-order valence-electron chi connectivity index (χ4n) is 5.10. The van der Waals surface area contributed by atoms with Crippen LogP contribution in [0.5, 0.6) is 28.7 Å².